The number of hydrogen-bond donors (Lipinski definition) is 1. The number of carbonyl (C=O) groups is 2. The van der Waals surface area contributed by atoms with Crippen molar-refractivity contribution in [3.05, 3.63) is 45.7 Å². The van der Waals surface area contributed by atoms with Gasteiger partial charge in [-0.15, -0.1) is 11.3 Å². The van der Waals surface area contributed by atoms with E-state index in [9.17, 15) is 9.59 Å². The number of fused-ring (bicyclic) bond motifs is 2. The third kappa shape index (κ3) is 3.11. The molecule has 3 atom stereocenters. The highest BCUT2D eigenvalue weighted by Crippen LogP contribution is 2.38. The van der Waals surface area contributed by atoms with Crippen LogP contribution in [0.5, 0.6) is 0 Å². The van der Waals surface area contributed by atoms with Crippen LogP contribution < -0.4 is 5.32 Å². The van der Waals surface area contributed by atoms with Crippen LogP contribution in [-0.2, 0) is 0 Å². The Morgan fingerprint density at radius 2 is 1.81 bits per heavy atom. The Kier molecular flexibility index (Phi) is 4.48. The van der Waals surface area contributed by atoms with Gasteiger partial charge in [0.1, 0.15) is 4.88 Å². The van der Waals surface area contributed by atoms with Crippen molar-refractivity contribution in [2.24, 2.45) is 0 Å². The molecule has 4 rings (SSSR count). The molecular formula is C19H22N4O2S. The summed E-state index contributed by atoms with van der Waals surface area (Å²) in [6, 6.07) is 3.95. The zero-order chi connectivity index (χ0) is 18.3. The number of nitrogens with one attached hydrogen (secondary N) is 1. The monoisotopic (exact) mass is 370 g/mol. The van der Waals surface area contributed by atoms with Crippen LogP contribution in [0.2, 0.25) is 0 Å². The van der Waals surface area contributed by atoms with Gasteiger partial charge in [-0.3, -0.25) is 14.6 Å². The second-order valence-corrected chi connectivity index (χ2v) is 8.33. The highest BCUT2D eigenvalue weighted by atomic mass is 32.1. The first-order chi connectivity index (χ1) is 12.5. The van der Waals surface area contributed by atoms with E-state index in [4.69, 9.17) is 0 Å². The van der Waals surface area contributed by atoms with Gasteiger partial charge in [0.15, 0.2) is 0 Å². The van der Waals surface area contributed by atoms with Gasteiger partial charge < -0.3 is 10.2 Å². The van der Waals surface area contributed by atoms with Gasteiger partial charge >= 0.3 is 0 Å². The molecule has 2 fully saturated rings. The topological polar surface area (TPSA) is 75.2 Å². The Hall–Kier alpha value is -2.28. The van der Waals surface area contributed by atoms with Crippen molar-refractivity contribution < 1.29 is 9.59 Å². The maximum Gasteiger partial charge on any atom is 0.266 e. The van der Waals surface area contributed by atoms with Gasteiger partial charge in [-0.25, -0.2) is 4.98 Å². The van der Waals surface area contributed by atoms with Crippen molar-refractivity contribution in [2.45, 2.75) is 57.7 Å². The molecule has 2 aliphatic rings. The largest absolute Gasteiger partial charge is 0.349 e. The van der Waals surface area contributed by atoms with Crippen LogP contribution in [0.25, 0.3) is 0 Å². The van der Waals surface area contributed by atoms with E-state index in [0.29, 0.717) is 5.56 Å². The van der Waals surface area contributed by atoms with Crippen LogP contribution in [0.4, 0.5) is 0 Å². The number of nitrogens with zero attached hydrogens (tertiary/aromatic N) is 3. The van der Waals surface area contributed by atoms with Gasteiger partial charge in [-0.2, -0.15) is 0 Å². The van der Waals surface area contributed by atoms with E-state index in [1.54, 1.807) is 24.5 Å². The van der Waals surface area contributed by atoms with E-state index < -0.39 is 0 Å². The Balaban J connectivity index is 1.45. The number of amides is 2. The third-order valence-electron chi connectivity index (χ3n) is 5.34. The summed E-state index contributed by atoms with van der Waals surface area (Å²) in [7, 11) is 0. The molecule has 0 aromatic carbocycles. The van der Waals surface area contributed by atoms with Crippen LogP contribution in [0, 0.1) is 13.8 Å². The fraction of sp³-hybridized carbons (Fsp3) is 0.474. The van der Waals surface area contributed by atoms with Crippen molar-refractivity contribution in [1.82, 2.24) is 20.2 Å². The lowest BCUT2D eigenvalue weighted by Gasteiger charge is -2.39. The average Bonchev–Trinajstić information content (AvgIpc) is 3.11. The van der Waals surface area contributed by atoms with E-state index in [1.807, 2.05) is 13.8 Å². The highest BCUT2D eigenvalue weighted by Gasteiger charge is 2.44. The molecule has 0 spiro atoms. The maximum absolute atomic E-state index is 13.0. The number of aromatic nitrogens is 2. The summed E-state index contributed by atoms with van der Waals surface area (Å²) in [5.74, 6) is 0.0463. The molecule has 2 aliphatic heterocycles. The molecule has 0 radical (unpaired) electrons. The zero-order valence-corrected chi connectivity index (χ0v) is 15.8. The second kappa shape index (κ2) is 6.79. The molecule has 26 heavy (non-hydrogen) atoms. The van der Waals surface area contributed by atoms with Crippen molar-refractivity contribution in [2.75, 3.05) is 0 Å². The summed E-state index contributed by atoms with van der Waals surface area (Å²) in [4.78, 5) is 36.6. The van der Waals surface area contributed by atoms with E-state index in [0.717, 1.165) is 41.3 Å². The second-order valence-electron chi connectivity index (χ2n) is 7.12. The molecule has 0 aliphatic carbocycles. The molecule has 6 nitrogen and oxygen atoms in total. The Morgan fingerprint density at radius 3 is 2.38 bits per heavy atom. The molecule has 0 saturated carbocycles. The Morgan fingerprint density at radius 1 is 1.15 bits per heavy atom. The molecular weight excluding hydrogens is 348 g/mol. The molecule has 7 heteroatoms. The smallest absolute Gasteiger partial charge is 0.266 e. The number of piperidine rings is 1. The summed E-state index contributed by atoms with van der Waals surface area (Å²) in [5.41, 5.74) is 1.45. The number of thiazole rings is 1. The molecule has 2 amide bonds. The SMILES string of the molecule is Cc1nc(C)c(C(=O)N2[C@@H]3CC[C@H]2CC(NC(=O)c2ccncc2)C3)s1. The number of carbonyl (C=O) groups excluding carboxylic acids is 2. The number of aryl methyl sites for hydroxylation is 2. The lowest BCUT2D eigenvalue weighted by molar-refractivity contribution is 0.0553. The van der Waals surface area contributed by atoms with E-state index in [2.05, 4.69) is 20.2 Å². The first-order valence-corrected chi connectivity index (χ1v) is 9.82. The fourth-order valence-electron chi connectivity index (χ4n) is 4.25. The molecule has 4 heterocycles. The third-order valence-corrected chi connectivity index (χ3v) is 6.40. The fourth-order valence-corrected chi connectivity index (χ4v) is 5.11. The highest BCUT2D eigenvalue weighted by molar-refractivity contribution is 7.13. The van der Waals surface area contributed by atoms with Crippen LogP contribution in [0.1, 0.15) is 56.4 Å². The molecule has 1 N–H and O–H groups in total. The predicted octanol–water partition coefficient (Wildman–Crippen LogP) is 2.72. The standard InChI is InChI=1S/C19H22N4O2S/c1-11-17(26-12(2)21-11)19(25)23-15-3-4-16(23)10-14(9-15)22-18(24)13-5-7-20-8-6-13/h5-8,14-16H,3-4,9-10H2,1-2H3,(H,22,24)/t14?,15-,16+. The maximum atomic E-state index is 13.0. The molecule has 2 aromatic rings. The van der Waals surface area contributed by atoms with Crippen molar-refractivity contribution in [3.8, 4) is 0 Å². The summed E-state index contributed by atoms with van der Waals surface area (Å²) >= 11 is 1.48. The summed E-state index contributed by atoms with van der Waals surface area (Å²) in [5, 5.41) is 4.06. The van der Waals surface area contributed by atoms with Crippen LogP contribution >= 0.6 is 11.3 Å². The lowest BCUT2D eigenvalue weighted by atomic mass is 9.96. The van der Waals surface area contributed by atoms with E-state index in [1.165, 1.54) is 11.3 Å². The number of pyridine rings is 1. The van der Waals surface area contributed by atoms with Gasteiger partial charge in [0.2, 0.25) is 0 Å². The zero-order valence-electron chi connectivity index (χ0n) is 14.9. The van der Waals surface area contributed by atoms with Crippen molar-refractivity contribution >= 4 is 23.2 Å². The Labute approximate surface area is 156 Å². The van der Waals surface area contributed by atoms with Gasteiger partial charge in [-0.05, 0) is 51.7 Å². The van der Waals surface area contributed by atoms with Gasteiger partial charge in [0.25, 0.3) is 11.8 Å². The first-order valence-electron chi connectivity index (χ1n) is 9.00. The molecule has 2 bridgehead atoms. The van der Waals surface area contributed by atoms with Gasteiger partial charge in [0, 0.05) is 36.1 Å². The molecule has 136 valence electrons. The minimum atomic E-state index is -0.0643. The minimum absolute atomic E-state index is 0.0643. The van der Waals surface area contributed by atoms with Gasteiger partial charge in [-0.1, -0.05) is 0 Å². The average molecular weight is 370 g/mol. The normalized spacial score (nSPS) is 24.5. The summed E-state index contributed by atoms with van der Waals surface area (Å²) in [6.07, 6.45) is 6.90. The number of rotatable bonds is 3. The quantitative estimate of drug-likeness (QED) is 0.901. The summed E-state index contributed by atoms with van der Waals surface area (Å²) in [6.45, 7) is 3.84. The minimum Gasteiger partial charge on any atom is -0.349 e. The van der Waals surface area contributed by atoms with Crippen LogP contribution in [-0.4, -0.2) is 44.8 Å². The molecule has 1 unspecified atom stereocenters. The van der Waals surface area contributed by atoms with Crippen LogP contribution in [0.3, 0.4) is 0 Å². The Bertz CT molecular complexity index is 821. The molecule has 2 aromatic heterocycles. The lowest BCUT2D eigenvalue weighted by Crippen LogP contribution is -2.52. The van der Waals surface area contributed by atoms with Crippen molar-refractivity contribution in [3.63, 3.8) is 0 Å². The van der Waals surface area contributed by atoms with E-state index >= 15 is 0 Å². The first kappa shape index (κ1) is 17.1. The van der Waals surface area contributed by atoms with Crippen LogP contribution in [0.15, 0.2) is 24.5 Å². The van der Waals surface area contributed by atoms with Gasteiger partial charge in [0.05, 0.1) is 10.7 Å². The van der Waals surface area contributed by atoms with E-state index in [-0.39, 0.29) is 29.9 Å². The summed E-state index contributed by atoms with van der Waals surface area (Å²) < 4.78 is 0. The predicted molar refractivity (Wildman–Crippen MR) is 99.3 cm³/mol. The van der Waals surface area contributed by atoms with Crippen molar-refractivity contribution in [1.29, 1.82) is 0 Å². The molecule has 2 saturated heterocycles. The number of hydrogen-bond acceptors (Lipinski definition) is 5.